The fraction of sp³-hybridized carbons (Fsp3) is 0.778. The third-order valence-electron chi connectivity index (χ3n) is 3.18. The van der Waals surface area contributed by atoms with Crippen LogP contribution in [0.15, 0.2) is 12.2 Å². The lowest BCUT2D eigenvalue weighted by molar-refractivity contribution is 0.305. The summed E-state index contributed by atoms with van der Waals surface area (Å²) in [5.74, 6) is 6.07. The van der Waals surface area contributed by atoms with E-state index in [9.17, 15) is 0 Å². The second-order valence-corrected chi connectivity index (χ2v) is 5.10. The molecule has 0 aliphatic rings. The molecule has 0 aromatic carbocycles. The molecule has 0 aromatic rings. The Morgan fingerprint density at radius 3 is 2.00 bits per heavy atom. The van der Waals surface area contributed by atoms with Crippen molar-refractivity contribution in [2.24, 2.45) is 0 Å². The normalized spacial score (nSPS) is 10.6. The molecular formula is C18H32O. The lowest BCUT2D eigenvalue weighted by atomic mass is 10.1. The van der Waals surface area contributed by atoms with Crippen LogP contribution >= 0.6 is 0 Å². The van der Waals surface area contributed by atoms with Crippen LogP contribution in [0.25, 0.3) is 0 Å². The molecule has 0 heterocycles. The molecule has 0 radical (unpaired) electrons. The van der Waals surface area contributed by atoms with Crippen LogP contribution in [-0.2, 0) is 0 Å². The molecule has 1 nitrogen and oxygen atoms in total. The minimum Gasteiger partial charge on any atom is -0.395 e. The number of allylic oxidation sites excluding steroid dienone is 2. The topological polar surface area (TPSA) is 20.2 Å². The van der Waals surface area contributed by atoms with E-state index in [-0.39, 0.29) is 6.61 Å². The Morgan fingerprint density at radius 2 is 1.32 bits per heavy atom. The van der Waals surface area contributed by atoms with Gasteiger partial charge in [0.25, 0.3) is 0 Å². The molecule has 0 amide bonds. The first-order valence-electron chi connectivity index (χ1n) is 8.13. The van der Waals surface area contributed by atoms with Crippen molar-refractivity contribution in [3.63, 3.8) is 0 Å². The standard InChI is InChI=1S/C18H32O/c1-2-3-4-5-6-7-8-9-10-11-12-13-14-15-16-17-18-19/h5-6,19H,2-4,7-14,17-18H2,1H3. The first kappa shape index (κ1) is 18.3. The highest BCUT2D eigenvalue weighted by Crippen LogP contribution is 2.09. The molecule has 1 N–H and O–H groups in total. The van der Waals surface area contributed by atoms with Crippen LogP contribution in [0.3, 0.4) is 0 Å². The summed E-state index contributed by atoms with van der Waals surface area (Å²) in [4.78, 5) is 0. The second-order valence-electron chi connectivity index (χ2n) is 5.10. The smallest absolute Gasteiger partial charge is 0.0540 e. The summed E-state index contributed by atoms with van der Waals surface area (Å²) in [5, 5.41) is 8.56. The van der Waals surface area contributed by atoms with Crippen molar-refractivity contribution >= 4 is 0 Å². The average molecular weight is 264 g/mol. The molecule has 0 saturated carbocycles. The number of unbranched alkanes of at least 4 members (excludes halogenated alkanes) is 9. The van der Waals surface area contributed by atoms with E-state index in [4.69, 9.17) is 5.11 Å². The van der Waals surface area contributed by atoms with Gasteiger partial charge in [0.05, 0.1) is 6.61 Å². The molecule has 0 spiro atoms. The van der Waals surface area contributed by atoms with Crippen LogP contribution in [-0.4, -0.2) is 11.7 Å². The first-order valence-corrected chi connectivity index (χ1v) is 8.13. The molecule has 0 fully saturated rings. The molecule has 0 bridgehead atoms. The third kappa shape index (κ3) is 17.3. The van der Waals surface area contributed by atoms with Gasteiger partial charge < -0.3 is 5.11 Å². The quantitative estimate of drug-likeness (QED) is 0.290. The summed E-state index contributed by atoms with van der Waals surface area (Å²) in [6.07, 6.45) is 19.4. The Bertz CT molecular complexity index is 244. The van der Waals surface area contributed by atoms with Gasteiger partial charge in [-0.3, -0.25) is 0 Å². The van der Waals surface area contributed by atoms with Crippen molar-refractivity contribution < 1.29 is 5.11 Å². The van der Waals surface area contributed by atoms with Crippen LogP contribution in [0.2, 0.25) is 0 Å². The van der Waals surface area contributed by atoms with Gasteiger partial charge in [-0.25, -0.2) is 0 Å². The number of aliphatic hydroxyl groups is 1. The number of hydrogen-bond donors (Lipinski definition) is 1. The zero-order chi connectivity index (χ0) is 14.0. The third-order valence-corrected chi connectivity index (χ3v) is 3.18. The van der Waals surface area contributed by atoms with Gasteiger partial charge in [-0.05, 0) is 25.7 Å². The highest BCUT2D eigenvalue weighted by atomic mass is 16.2. The fourth-order valence-electron chi connectivity index (χ4n) is 1.97. The summed E-state index contributed by atoms with van der Waals surface area (Å²) in [6.45, 7) is 2.44. The highest BCUT2D eigenvalue weighted by molar-refractivity contribution is 4.98. The Hall–Kier alpha value is -0.740. The summed E-state index contributed by atoms with van der Waals surface area (Å²) in [7, 11) is 0. The predicted octanol–water partition coefficient (Wildman–Crippen LogP) is 5.24. The van der Waals surface area contributed by atoms with E-state index in [1.165, 1.54) is 64.2 Å². The zero-order valence-electron chi connectivity index (χ0n) is 12.8. The second kappa shape index (κ2) is 17.3. The van der Waals surface area contributed by atoms with Gasteiger partial charge in [0.2, 0.25) is 0 Å². The van der Waals surface area contributed by atoms with Crippen molar-refractivity contribution in [1.82, 2.24) is 0 Å². The summed E-state index contributed by atoms with van der Waals surface area (Å²) < 4.78 is 0. The van der Waals surface area contributed by atoms with E-state index in [2.05, 4.69) is 30.9 Å². The average Bonchev–Trinajstić information content (AvgIpc) is 2.43. The van der Waals surface area contributed by atoms with Crippen LogP contribution in [0, 0.1) is 11.8 Å². The Morgan fingerprint density at radius 1 is 0.737 bits per heavy atom. The number of rotatable bonds is 12. The van der Waals surface area contributed by atoms with E-state index >= 15 is 0 Å². The molecule has 19 heavy (non-hydrogen) atoms. The molecule has 0 atom stereocenters. The maximum absolute atomic E-state index is 8.56. The van der Waals surface area contributed by atoms with Crippen LogP contribution in [0.1, 0.15) is 84.0 Å². The zero-order valence-corrected chi connectivity index (χ0v) is 12.8. The minimum absolute atomic E-state index is 0.194. The minimum atomic E-state index is 0.194. The van der Waals surface area contributed by atoms with Gasteiger partial charge in [0, 0.05) is 12.8 Å². The Balaban J connectivity index is 3.07. The van der Waals surface area contributed by atoms with Crippen LogP contribution in [0.5, 0.6) is 0 Å². The Kier molecular flexibility index (Phi) is 16.6. The van der Waals surface area contributed by atoms with Crippen molar-refractivity contribution in [1.29, 1.82) is 0 Å². The van der Waals surface area contributed by atoms with E-state index in [1.807, 2.05) is 0 Å². The van der Waals surface area contributed by atoms with Gasteiger partial charge in [-0.15, -0.1) is 11.8 Å². The molecular weight excluding hydrogens is 232 g/mol. The fourth-order valence-corrected chi connectivity index (χ4v) is 1.97. The van der Waals surface area contributed by atoms with Crippen molar-refractivity contribution in [2.75, 3.05) is 6.61 Å². The predicted molar refractivity (Wildman–Crippen MR) is 85.1 cm³/mol. The molecule has 0 unspecified atom stereocenters. The monoisotopic (exact) mass is 264 g/mol. The van der Waals surface area contributed by atoms with Crippen LogP contribution in [0.4, 0.5) is 0 Å². The van der Waals surface area contributed by atoms with Crippen LogP contribution < -0.4 is 0 Å². The lowest BCUT2D eigenvalue weighted by Crippen LogP contribution is -1.80. The van der Waals surface area contributed by atoms with E-state index < -0.39 is 0 Å². The van der Waals surface area contributed by atoms with Crippen molar-refractivity contribution in [3.05, 3.63) is 12.2 Å². The summed E-state index contributed by atoms with van der Waals surface area (Å²) in [6, 6.07) is 0. The van der Waals surface area contributed by atoms with Crippen molar-refractivity contribution in [3.8, 4) is 11.8 Å². The number of hydrogen-bond acceptors (Lipinski definition) is 1. The largest absolute Gasteiger partial charge is 0.395 e. The maximum Gasteiger partial charge on any atom is 0.0540 e. The van der Waals surface area contributed by atoms with E-state index in [1.54, 1.807) is 0 Å². The molecule has 0 aromatic heterocycles. The molecule has 110 valence electrons. The maximum atomic E-state index is 8.56. The van der Waals surface area contributed by atoms with Gasteiger partial charge >= 0.3 is 0 Å². The van der Waals surface area contributed by atoms with Gasteiger partial charge in [-0.1, -0.05) is 57.6 Å². The molecule has 0 saturated heterocycles. The number of aliphatic hydroxyl groups excluding tert-OH is 1. The highest BCUT2D eigenvalue weighted by Gasteiger charge is 1.90. The van der Waals surface area contributed by atoms with Gasteiger partial charge in [0.15, 0.2) is 0 Å². The van der Waals surface area contributed by atoms with Gasteiger partial charge in [-0.2, -0.15) is 0 Å². The summed E-state index contributed by atoms with van der Waals surface area (Å²) >= 11 is 0. The summed E-state index contributed by atoms with van der Waals surface area (Å²) in [5.41, 5.74) is 0. The molecule has 0 aliphatic heterocycles. The first-order chi connectivity index (χ1) is 9.41. The SMILES string of the molecule is CCCCC=CCCCCCCCCC#CCCO. The van der Waals surface area contributed by atoms with E-state index in [0.29, 0.717) is 6.42 Å². The molecule has 0 rings (SSSR count). The molecule has 1 heteroatoms. The molecule has 0 aliphatic carbocycles. The van der Waals surface area contributed by atoms with Gasteiger partial charge in [0.1, 0.15) is 0 Å². The van der Waals surface area contributed by atoms with Crippen molar-refractivity contribution in [2.45, 2.75) is 84.0 Å². The Labute approximate surface area is 120 Å². The van der Waals surface area contributed by atoms with E-state index in [0.717, 1.165) is 6.42 Å². The lowest BCUT2D eigenvalue weighted by Gasteiger charge is -1.98.